The van der Waals surface area contributed by atoms with Gasteiger partial charge in [0.2, 0.25) is 5.91 Å². The van der Waals surface area contributed by atoms with E-state index >= 15 is 0 Å². The molecule has 0 bridgehead atoms. The van der Waals surface area contributed by atoms with Gasteiger partial charge in [0.15, 0.2) is 0 Å². The lowest BCUT2D eigenvalue weighted by molar-refractivity contribution is -0.114. The van der Waals surface area contributed by atoms with Gasteiger partial charge in [-0.3, -0.25) is 14.5 Å². The fraction of sp³-hybridized carbons (Fsp3) is 0.238. The Labute approximate surface area is 165 Å². The molecule has 0 aliphatic carbocycles. The van der Waals surface area contributed by atoms with E-state index in [0.717, 1.165) is 16.7 Å². The number of para-hydroxylation sites is 1. The van der Waals surface area contributed by atoms with Crippen LogP contribution in [0.15, 0.2) is 53.0 Å². The van der Waals surface area contributed by atoms with Crippen LogP contribution in [0.4, 0.5) is 5.69 Å². The first-order chi connectivity index (χ1) is 13.2. The number of anilines is 1. The number of sulfonamides is 1. The van der Waals surface area contributed by atoms with Gasteiger partial charge >= 0.3 is 0 Å². The van der Waals surface area contributed by atoms with E-state index in [9.17, 15) is 13.2 Å². The maximum Gasteiger partial charge on any atom is 0.264 e. The number of benzene rings is 2. The molecule has 0 saturated carbocycles. The number of nitrogens with one attached hydrogen (secondary N) is 2. The van der Waals surface area contributed by atoms with Gasteiger partial charge < -0.3 is 5.32 Å². The molecule has 2 aromatic rings. The molecule has 1 amide bonds. The lowest BCUT2D eigenvalue weighted by Crippen LogP contribution is -2.25. The smallest absolute Gasteiger partial charge is 0.264 e. The van der Waals surface area contributed by atoms with Crippen LogP contribution in [0.5, 0.6) is 0 Å². The van der Waals surface area contributed by atoms with Gasteiger partial charge in [0.25, 0.3) is 10.0 Å². The Hall–Kier alpha value is -2.93. The first kappa shape index (κ1) is 19.8. The Morgan fingerprint density at radius 1 is 1.00 bits per heavy atom. The van der Waals surface area contributed by atoms with Crippen LogP contribution >= 0.6 is 0 Å². The van der Waals surface area contributed by atoms with Crippen molar-refractivity contribution in [2.24, 2.45) is 4.99 Å². The number of amides is 1. The van der Waals surface area contributed by atoms with E-state index in [1.54, 1.807) is 13.0 Å². The number of nitrogens with zero attached hydrogens (tertiary/aromatic N) is 1. The van der Waals surface area contributed by atoms with Crippen LogP contribution in [-0.4, -0.2) is 26.7 Å². The number of rotatable bonds is 4. The quantitative estimate of drug-likeness (QED) is 0.830. The summed E-state index contributed by atoms with van der Waals surface area (Å²) in [6.07, 6.45) is 0. The second-order valence-electron chi connectivity index (χ2n) is 6.89. The molecular weight excluding hydrogens is 374 g/mol. The number of carbonyl (C=O) groups is 1. The minimum absolute atomic E-state index is 0.177. The summed E-state index contributed by atoms with van der Waals surface area (Å²) in [5.74, 6) is -0.110. The normalized spacial score (nSPS) is 16.9. The number of aryl methyl sites for hydroxylation is 3. The van der Waals surface area contributed by atoms with Crippen molar-refractivity contribution in [3.05, 3.63) is 70.3 Å². The predicted octanol–water partition coefficient (Wildman–Crippen LogP) is 3.31. The zero-order valence-electron chi connectivity index (χ0n) is 16.3. The molecule has 0 radical (unpaired) electrons. The van der Waals surface area contributed by atoms with Crippen LogP contribution in [0.3, 0.4) is 0 Å². The van der Waals surface area contributed by atoms with E-state index < -0.39 is 10.0 Å². The summed E-state index contributed by atoms with van der Waals surface area (Å²) in [5, 5.41) is 2.79. The topological polar surface area (TPSA) is 87.6 Å². The first-order valence-corrected chi connectivity index (χ1v) is 10.4. The molecule has 0 atom stereocenters. The zero-order valence-corrected chi connectivity index (χ0v) is 17.1. The molecule has 0 aromatic heterocycles. The number of hydrogen-bond donors (Lipinski definition) is 2. The van der Waals surface area contributed by atoms with Crippen molar-refractivity contribution in [1.82, 2.24) is 4.72 Å². The number of hydrogen-bond acceptors (Lipinski definition) is 4. The Kier molecular flexibility index (Phi) is 5.38. The maximum absolute atomic E-state index is 12.6. The van der Waals surface area contributed by atoms with Crippen molar-refractivity contribution in [2.75, 3.05) is 11.9 Å². The Balaban J connectivity index is 1.84. The van der Waals surface area contributed by atoms with Crippen molar-refractivity contribution >= 4 is 32.4 Å². The van der Waals surface area contributed by atoms with Crippen molar-refractivity contribution in [2.45, 2.75) is 27.7 Å². The van der Waals surface area contributed by atoms with E-state index in [1.807, 2.05) is 57.2 Å². The van der Waals surface area contributed by atoms with Crippen LogP contribution in [0.25, 0.3) is 4.91 Å². The second-order valence-corrected chi connectivity index (χ2v) is 8.51. The van der Waals surface area contributed by atoms with Gasteiger partial charge in [-0.05, 0) is 56.0 Å². The summed E-state index contributed by atoms with van der Waals surface area (Å²) >= 11 is 0. The molecule has 0 saturated heterocycles. The lowest BCUT2D eigenvalue weighted by Gasteiger charge is -2.06. The average Bonchev–Trinajstić information content (AvgIpc) is 2.86. The summed E-state index contributed by atoms with van der Waals surface area (Å²) < 4.78 is 27.7. The largest absolute Gasteiger partial charge is 0.324 e. The SMILES string of the molecule is CC1=C(c2ccc(C)c(C)c2)S(=O)(=O)NC1=NCC(=O)Nc1ccccc1C. The van der Waals surface area contributed by atoms with Crippen molar-refractivity contribution in [3.8, 4) is 0 Å². The Bertz CT molecular complexity index is 1120. The highest BCUT2D eigenvalue weighted by atomic mass is 32.2. The summed E-state index contributed by atoms with van der Waals surface area (Å²) in [5.41, 5.74) is 4.87. The predicted molar refractivity (Wildman–Crippen MR) is 113 cm³/mol. The van der Waals surface area contributed by atoms with Gasteiger partial charge in [-0.25, -0.2) is 8.42 Å². The van der Waals surface area contributed by atoms with Gasteiger partial charge in [-0.2, -0.15) is 0 Å². The molecule has 1 aliphatic heterocycles. The van der Waals surface area contributed by atoms with Gasteiger partial charge in [0.1, 0.15) is 17.3 Å². The van der Waals surface area contributed by atoms with Crippen molar-refractivity contribution in [3.63, 3.8) is 0 Å². The number of amidine groups is 1. The zero-order chi connectivity index (χ0) is 20.5. The van der Waals surface area contributed by atoms with Gasteiger partial charge in [-0.1, -0.05) is 36.4 Å². The molecule has 146 valence electrons. The van der Waals surface area contributed by atoms with Crippen molar-refractivity contribution in [1.29, 1.82) is 0 Å². The van der Waals surface area contributed by atoms with E-state index in [0.29, 0.717) is 16.8 Å². The molecule has 0 unspecified atom stereocenters. The summed E-state index contributed by atoms with van der Waals surface area (Å²) in [7, 11) is -3.71. The van der Waals surface area contributed by atoms with Gasteiger partial charge in [-0.15, -0.1) is 0 Å². The third-order valence-electron chi connectivity index (χ3n) is 4.76. The van der Waals surface area contributed by atoms with E-state index in [1.165, 1.54) is 0 Å². The number of carbonyl (C=O) groups excluding carboxylic acids is 1. The van der Waals surface area contributed by atoms with E-state index in [-0.39, 0.29) is 23.2 Å². The Morgan fingerprint density at radius 2 is 1.71 bits per heavy atom. The fourth-order valence-corrected chi connectivity index (χ4v) is 4.53. The third-order valence-corrected chi connectivity index (χ3v) is 6.31. The highest BCUT2D eigenvalue weighted by Gasteiger charge is 2.32. The summed E-state index contributed by atoms with van der Waals surface area (Å²) in [6.45, 7) is 7.33. The van der Waals surface area contributed by atoms with Crippen molar-refractivity contribution < 1.29 is 13.2 Å². The average molecular weight is 398 g/mol. The molecule has 6 nitrogen and oxygen atoms in total. The monoisotopic (exact) mass is 397 g/mol. The molecule has 3 rings (SSSR count). The molecular formula is C21H23N3O3S. The molecule has 2 N–H and O–H groups in total. The highest BCUT2D eigenvalue weighted by molar-refractivity contribution is 8.00. The standard InChI is InChI=1S/C21H23N3O3S/c1-13-9-10-17(11-15(13)3)20-16(4)21(24-28(20,26)27)22-12-19(25)23-18-8-6-5-7-14(18)2/h5-11H,12H2,1-4H3,(H,22,24)(H,23,25). The summed E-state index contributed by atoms with van der Waals surface area (Å²) in [6, 6.07) is 13.0. The van der Waals surface area contributed by atoms with E-state index in [2.05, 4.69) is 15.0 Å². The van der Waals surface area contributed by atoms with Crippen LogP contribution in [-0.2, 0) is 14.8 Å². The van der Waals surface area contributed by atoms with Crippen LogP contribution in [0.1, 0.15) is 29.2 Å². The van der Waals surface area contributed by atoms with Crippen LogP contribution < -0.4 is 10.0 Å². The molecule has 1 aliphatic rings. The minimum Gasteiger partial charge on any atom is -0.324 e. The molecule has 28 heavy (non-hydrogen) atoms. The Morgan fingerprint density at radius 3 is 2.39 bits per heavy atom. The van der Waals surface area contributed by atoms with Crippen LogP contribution in [0.2, 0.25) is 0 Å². The maximum atomic E-state index is 12.6. The fourth-order valence-electron chi connectivity index (χ4n) is 3.02. The molecule has 1 heterocycles. The second kappa shape index (κ2) is 7.59. The molecule has 2 aromatic carbocycles. The number of aliphatic imine (C=N–C) groups is 1. The van der Waals surface area contributed by atoms with Gasteiger partial charge in [0, 0.05) is 11.3 Å². The molecule has 0 fully saturated rings. The first-order valence-electron chi connectivity index (χ1n) is 8.90. The summed E-state index contributed by atoms with van der Waals surface area (Å²) in [4.78, 5) is 16.6. The minimum atomic E-state index is -3.71. The van der Waals surface area contributed by atoms with Crippen LogP contribution in [0, 0.1) is 20.8 Å². The third kappa shape index (κ3) is 3.99. The van der Waals surface area contributed by atoms with Gasteiger partial charge in [0.05, 0.1) is 0 Å². The lowest BCUT2D eigenvalue weighted by atomic mass is 10.0. The van der Waals surface area contributed by atoms with E-state index in [4.69, 9.17) is 0 Å². The highest BCUT2D eigenvalue weighted by Crippen LogP contribution is 2.30. The molecule has 0 spiro atoms. The molecule has 7 heteroatoms.